The number of nitrogens with zero attached hydrogens (tertiary/aromatic N) is 1. The van der Waals surface area contributed by atoms with Crippen LogP contribution in [0.1, 0.15) is 0 Å². The number of hydrogen-bond donors (Lipinski definition) is 2. The van der Waals surface area contributed by atoms with Crippen LogP contribution in [0.15, 0.2) is 42.5 Å². The molecule has 0 spiro atoms. The van der Waals surface area contributed by atoms with Crippen molar-refractivity contribution >= 4 is 21.5 Å². The number of rotatable bonds is 6. The number of halogens is 1. The van der Waals surface area contributed by atoms with Crippen molar-refractivity contribution in [2.24, 2.45) is 0 Å². The second-order valence-corrected chi connectivity index (χ2v) is 6.03. The third kappa shape index (κ3) is 4.92. The van der Waals surface area contributed by atoms with Crippen molar-refractivity contribution < 1.29 is 17.5 Å². The van der Waals surface area contributed by atoms with Crippen LogP contribution in [0.25, 0.3) is 0 Å². The van der Waals surface area contributed by atoms with Gasteiger partial charge in [0.1, 0.15) is 23.9 Å². The van der Waals surface area contributed by atoms with Crippen molar-refractivity contribution in [1.29, 1.82) is 0 Å². The van der Waals surface area contributed by atoms with Gasteiger partial charge in [0.2, 0.25) is 16.0 Å². The Hall–Kier alpha value is -2.35. The van der Waals surface area contributed by atoms with E-state index < -0.39 is 16.0 Å². The molecule has 1 aromatic carbocycles. The van der Waals surface area contributed by atoms with Gasteiger partial charge >= 0.3 is 0 Å². The standard InChI is InChI=1S/C13H14FN3O3S/c14-12-5-2-6-13(16-12)17-21(18,19)8-7-20-11-4-1-3-10(15)9-11/h1-6,9H,7-8,15H2,(H,16,17). The Morgan fingerprint density at radius 1 is 1.24 bits per heavy atom. The fraction of sp³-hybridized carbons (Fsp3) is 0.154. The summed E-state index contributed by atoms with van der Waals surface area (Å²) in [7, 11) is -3.67. The molecular weight excluding hydrogens is 297 g/mol. The molecular formula is C13H14FN3O3S. The minimum atomic E-state index is -3.67. The maximum absolute atomic E-state index is 12.9. The summed E-state index contributed by atoms with van der Waals surface area (Å²) in [5.74, 6) is -0.640. The quantitative estimate of drug-likeness (QED) is 0.624. The predicted octanol–water partition coefficient (Wildman–Crippen LogP) is 1.62. The van der Waals surface area contributed by atoms with E-state index in [9.17, 15) is 12.8 Å². The first-order chi connectivity index (χ1) is 9.94. The van der Waals surface area contributed by atoms with Crippen molar-refractivity contribution in [3.8, 4) is 5.75 Å². The van der Waals surface area contributed by atoms with Crippen LogP contribution in [0.4, 0.5) is 15.9 Å². The van der Waals surface area contributed by atoms with E-state index in [1.165, 1.54) is 12.1 Å². The molecule has 0 amide bonds. The lowest BCUT2D eigenvalue weighted by Crippen LogP contribution is -2.22. The molecule has 8 heteroatoms. The molecule has 0 bridgehead atoms. The minimum absolute atomic E-state index is 0.0614. The van der Waals surface area contributed by atoms with Crippen molar-refractivity contribution in [3.63, 3.8) is 0 Å². The summed E-state index contributed by atoms with van der Waals surface area (Å²) in [4.78, 5) is 3.42. The van der Waals surface area contributed by atoms with Crippen LogP contribution in [-0.4, -0.2) is 25.8 Å². The molecule has 1 aromatic heterocycles. The summed E-state index contributed by atoms with van der Waals surface area (Å²) < 4.78 is 43.9. The van der Waals surface area contributed by atoms with Crippen LogP contribution in [0.5, 0.6) is 5.75 Å². The first kappa shape index (κ1) is 15.0. The number of nitrogen functional groups attached to an aromatic ring is 1. The molecule has 112 valence electrons. The Morgan fingerprint density at radius 2 is 2.00 bits per heavy atom. The van der Waals surface area contributed by atoms with Crippen LogP contribution in [0.2, 0.25) is 0 Å². The van der Waals surface area contributed by atoms with Crippen LogP contribution in [0.3, 0.4) is 0 Å². The molecule has 0 saturated carbocycles. The molecule has 21 heavy (non-hydrogen) atoms. The van der Waals surface area contributed by atoms with Crippen LogP contribution < -0.4 is 15.2 Å². The van der Waals surface area contributed by atoms with E-state index in [0.29, 0.717) is 11.4 Å². The Bertz CT molecular complexity index is 722. The molecule has 0 radical (unpaired) electrons. The van der Waals surface area contributed by atoms with E-state index in [0.717, 1.165) is 6.07 Å². The van der Waals surface area contributed by atoms with Gasteiger partial charge < -0.3 is 10.5 Å². The number of nitrogens with one attached hydrogen (secondary N) is 1. The molecule has 0 atom stereocenters. The van der Waals surface area contributed by atoms with Crippen molar-refractivity contribution in [1.82, 2.24) is 4.98 Å². The van der Waals surface area contributed by atoms with E-state index >= 15 is 0 Å². The highest BCUT2D eigenvalue weighted by atomic mass is 32.2. The first-order valence-corrected chi connectivity index (χ1v) is 7.71. The lowest BCUT2D eigenvalue weighted by molar-refractivity contribution is 0.341. The van der Waals surface area contributed by atoms with Gasteiger partial charge in [-0.15, -0.1) is 0 Å². The van der Waals surface area contributed by atoms with Gasteiger partial charge in [0.15, 0.2) is 0 Å². The summed E-state index contributed by atoms with van der Waals surface area (Å²) in [6.07, 6.45) is 0. The van der Waals surface area contributed by atoms with E-state index in [1.54, 1.807) is 24.3 Å². The fourth-order valence-electron chi connectivity index (χ4n) is 1.55. The number of anilines is 2. The molecule has 6 nitrogen and oxygen atoms in total. The van der Waals surface area contributed by atoms with Crippen molar-refractivity contribution in [3.05, 3.63) is 48.4 Å². The number of sulfonamides is 1. The topological polar surface area (TPSA) is 94.3 Å². The smallest absolute Gasteiger partial charge is 0.237 e. The molecule has 3 N–H and O–H groups in total. The Balaban J connectivity index is 1.90. The number of ether oxygens (including phenoxy) is 1. The zero-order valence-corrected chi connectivity index (χ0v) is 11.8. The molecule has 0 aliphatic heterocycles. The van der Waals surface area contributed by atoms with E-state index in [2.05, 4.69) is 9.71 Å². The predicted molar refractivity (Wildman–Crippen MR) is 78.0 cm³/mol. The molecule has 0 saturated heterocycles. The van der Waals surface area contributed by atoms with Crippen LogP contribution in [0, 0.1) is 5.95 Å². The summed E-state index contributed by atoms with van der Waals surface area (Å²) in [6.45, 7) is -0.0614. The zero-order chi connectivity index (χ0) is 15.3. The highest BCUT2D eigenvalue weighted by Crippen LogP contribution is 2.14. The van der Waals surface area contributed by atoms with Gasteiger partial charge in [0, 0.05) is 11.8 Å². The maximum Gasteiger partial charge on any atom is 0.237 e. The summed E-state index contributed by atoms with van der Waals surface area (Å²) >= 11 is 0. The average molecular weight is 311 g/mol. The van der Waals surface area contributed by atoms with Gasteiger partial charge in [-0.25, -0.2) is 13.4 Å². The summed E-state index contributed by atoms with van der Waals surface area (Å²) in [5, 5.41) is 0. The summed E-state index contributed by atoms with van der Waals surface area (Å²) in [5.41, 5.74) is 6.10. The van der Waals surface area contributed by atoms with Crippen molar-refractivity contribution in [2.45, 2.75) is 0 Å². The maximum atomic E-state index is 12.9. The van der Waals surface area contributed by atoms with Crippen molar-refractivity contribution in [2.75, 3.05) is 22.8 Å². The zero-order valence-electron chi connectivity index (χ0n) is 11.0. The largest absolute Gasteiger partial charge is 0.492 e. The third-order valence-corrected chi connectivity index (χ3v) is 3.68. The van der Waals surface area contributed by atoms with Gasteiger partial charge in [-0.2, -0.15) is 4.39 Å². The van der Waals surface area contributed by atoms with Gasteiger partial charge in [-0.1, -0.05) is 12.1 Å². The molecule has 2 rings (SSSR count). The molecule has 0 aliphatic rings. The summed E-state index contributed by atoms with van der Waals surface area (Å²) in [6, 6.07) is 10.5. The number of hydrogen-bond acceptors (Lipinski definition) is 5. The number of pyridine rings is 1. The van der Waals surface area contributed by atoms with Gasteiger partial charge in [-0.05, 0) is 24.3 Å². The van der Waals surface area contributed by atoms with Crippen LogP contribution in [-0.2, 0) is 10.0 Å². The number of nitrogens with two attached hydrogens (primary N) is 1. The van der Waals surface area contributed by atoms with Gasteiger partial charge in [0.05, 0.1) is 0 Å². The Labute approximate surface area is 121 Å². The van der Waals surface area contributed by atoms with Gasteiger partial charge in [-0.3, -0.25) is 4.72 Å². The first-order valence-electron chi connectivity index (χ1n) is 6.06. The number of aromatic nitrogens is 1. The molecule has 0 fully saturated rings. The molecule has 2 aromatic rings. The van der Waals surface area contributed by atoms with E-state index in [1.807, 2.05) is 0 Å². The normalized spacial score (nSPS) is 11.1. The highest BCUT2D eigenvalue weighted by molar-refractivity contribution is 7.92. The van der Waals surface area contributed by atoms with E-state index in [4.69, 9.17) is 10.5 Å². The Kier molecular flexibility index (Phi) is 4.59. The van der Waals surface area contributed by atoms with E-state index in [-0.39, 0.29) is 18.2 Å². The number of benzene rings is 1. The molecule has 0 aliphatic carbocycles. The SMILES string of the molecule is Nc1cccc(OCCS(=O)(=O)Nc2cccc(F)n2)c1. The lowest BCUT2D eigenvalue weighted by Gasteiger charge is -2.09. The second kappa shape index (κ2) is 6.40. The highest BCUT2D eigenvalue weighted by Gasteiger charge is 2.12. The monoisotopic (exact) mass is 311 g/mol. The third-order valence-electron chi connectivity index (χ3n) is 2.45. The second-order valence-electron chi connectivity index (χ2n) is 4.19. The van der Waals surface area contributed by atoms with Crippen LogP contribution >= 0.6 is 0 Å². The minimum Gasteiger partial charge on any atom is -0.492 e. The average Bonchev–Trinajstić information content (AvgIpc) is 2.38. The Morgan fingerprint density at radius 3 is 2.71 bits per heavy atom. The fourth-order valence-corrected chi connectivity index (χ4v) is 2.39. The molecule has 0 unspecified atom stereocenters. The lowest BCUT2D eigenvalue weighted by atomic mass is 10.3. The van der Waals surface area contributed by atoms with Gasteiger partial charge in [0.25, 0.3) is 0 Å². The molecule has 1 heterocycles.